The monoisotopic (exact) mass is 268 g/mol. The fourth-order valence-corrected chi connectivity index (χ4v) is 2.79. The smallest absolute Gasteiger partial charge is 0.128 e. The van der Waals surface area contributed by atoms with Crippen molar-refractivity contribution in [3.05, 3.63) is 48.2 Å². The minimum Gasteiger partial charge on any atom is -0.496 e. The largest absolute Gasteiger partial charge is 0.496 e. The Bertz CT molecular complexity index is 577. The highest BCUT2D eigenvalue weighted by atomic mass is 16.5. The van der Waals surface area contributed by atoms with Gasteiger partial charge in [-0.15, -0.1) is 0 Å². The van der Waals surface area contributed by atoms with Crippen LogP contribution in [-0.2, 0) is 0 Å². The Morgan fingerprint density at radius 1 is 1.15 bits per heavy atom. The Kier molecular flexibility index (Phi) is 3.97. The van der Waals surface area contributed by atoms with Crippen molar-refractivity contribution in [3.8, 4) is 17.0 Å². The molecule has 2 heterocycles. The van der Waals surface area contributed by atoms with Crippen LogP contribution in [-0.4, -0.2) is 25.2 Å². The fraction of sp³-hybridized carbons (Fsp3) is 0.353. The van der Waals surface area contributed by atoms with Crippen molar-refractivity contribution < 1.29 is 4.74 Å². The molecule has 0 saturated carbocycles. The fourth-order valence-electron chi connectivity index (χ4n) is 2.79. The van der Waals surface area contributed by atoms with Gasteiger partial charge >= 0.3 is 0 Å². The van der Waals surface area contributed by atoms with Crippen LogP contribution in [0.4, 0.5) is 0 Å². The number of benzene rings is 1. The van der Waals surface area contributed by atoms with Gasteiger partial charge in [0, 0.05) is 23.7 Å². The Hall–Kier alpha value is -1.87. The van der Waals surface area contributed by atoms with E-state index in [2.05, 4.69) is 29.6 Å². The summed E-state index contributed by atoms with van der Waals surface area (Å²) >= 11 is 0. The van der Waals surface area contributed by atoms with Crippen molar-refractivity contribution in [1.82, 2.24) is 10.3 Å². The summed E-state index contributed by atoms with van der Waals surface area (Å²) in [5.74, 6) is 1.40. The van der Waals surface area contributed by atoms with Crippen LogP contribution in [0.3, 0.4) is 0 Å². The number of piperidine rings is 1. The average molecular weight is 268 g/mol. The molecule has 0 spiro atoms. The highest BCUT2D eigenvalue weighted by Crippen LogP contribution is 2.30. The van der Waals surface area contributed by atoms with Gasteiger partial charge in [-0.1, -0.05) is 18.2 Å². The van der Waals surface area contributed by atoms with E-state index in [4.69, 9.17) is 9.72 Å². The third-order valence-corrected chi connectivity index (χ3v) is 3.87. The molecule has 3 rings (SSSR count). The van der Waals surface area contributed by atoms with E-state index in [9.17, 15) is 0 Å². The predicted molar refractivity (Wildman–Crippen MR) is 81.1 cm³/mol. The van der Waals surface area contributed by atoms with Gasteiger partial charge in [0.15, 0.2) is 0 Å². The number of rotatable bonds is 3. The lowest BCUT2D eigenvalue weighted by Gasteiger charge is -2.22. The van der Waals surface area contributed by atoms with Crippen molar-refractivity contribution in [2.45, 2.75) is 18.8 Å². The summed E-state index contributed by atoms with van der Waals surface area (Å²) in [4.78, 5) is 4.86. The summed E-state index contributed by atoms with van der Waals surface area (Å²) in [6, 6.07) is 14.3. The Morgan fingerprint density at radius 3 is 2.85 bits per heavy atom. The van der Waals surface area contributed by atoms with Crippen LogP contribution in [0.25, 0.3) is 11.3 Å². The van der Waals surface area contributed by atoms with Gasteiger partial charge in [0.1, 0.15) is 5.75 Å². The molecule has 3 heteroatoms. The van der Waals surface area contributed by atoms with Gasteiger partial charge in [-0.2, -0.15) is 0 Å². The van der Waals surface area contributed by atoms with Gasteiger partial charge in [0.25, 0.3) is 0 Å². The average Bonchev–Trinajstić information content (AvgIpc) is 2.56. The number of hydrogen-bond donors (Lipinski definition) is 1. The van der Waals surface area contributed by atoms with E-state index in [-0.39, 0.29) is 0 Å². The molecule has 1 aromatic carbocycles. The molecule has 0 radical (unpaired) electrons. The van der Waals surface area contributed by atoms with Crippen LogP contribution >= 0.6 is 0 Å². The van der Waals surface area contributed by atoms with Crippen LogP contribution < -0.4 is 10.1 Å². The number of aromatic nitrogens is 1. The molecule has 0 amide bonds. The molecule has 1 aliphatic heterocycles. The second-order valence-corrected chi connectivity index (χ2v) is 5.19. The molecular weight excluding hydrogens is 248 g/mol. The highest BCUT2D eigenvalue weighted by Gasteiger charge is 2.17. The number of nitrogens with zero attached hydrogens (tertiary/aromatic N) is 1. The zero-order valence-electron chi connectivity index (χ0n) is 11.8. The molecular formula is C17H20N2O. The number of methoxy groups -OCH3 is 1. The number of para-hydroxylation sites is 1. The van der Waals surface area contributed by atoms with Crippen molar-refractivity contribution >= 4 is 0 Å². The molecule has 0 unspecified atom stereocenters. The Morgan fingerprint density at radius 2 is 2.05 bits per heavy atom. The van der Waals surface area contributed by atoms with Crippen molar-refractivity contribution in [2.24, 2.45) is 0 Å². The number of pyridine rings is 1. The van der Waals surface area contributed by atoms with Crippen LogP contribution in [0.2, 0.25) is 0 Å². The molecule has 104 valence electrons. The Balaban J connectivity index is 1.94. The summed E-state index contributed by atoms with van der Waals surface area (Å²) in [5, 5.41) is 3.45. The van der Waals surface area contributed by atoms with Crippen LogP contribution in [0.5, 0.6) is 5.75 Å². The maximum atomic E-state index is 5.43. The minimum absolute atomic E-state index is 0.526. The van der Waals surface area contributed by atoms with E-state index in [0.717, 1.165) is 30.1 Å². The zero-order valence-corrected chi connectivity index (χ0v) is 11.8. The molecule has 1 N–H and O–H groups in total. The van der Waals surface area contributed by atoms with Gasteiger partial charge < -0.3 is 10.1 Å². The maximum absolute atomic E-state index is 5.43. The SMILES string of the molecule is COc1ccccc1-c1cccc([C@H]2CCCNC2)n1. The lowest BCUT2D eigenvalue weighted by molar-refractivity contribution is 0.416. The molecule has 20 heavy (non-hydrogen) atoms. The van der Waals surface area contributed by atoms with Crippen LogP contribution in [0, 0.1) is 0 Å². The van der Waals surface area contributed by atoms with Crippen molar-refractivity contribution in [3.63, 3.8) is 0 Å². The lowest BCUT2D eigenvalue weighted by atomic mass is 9.95. The number of nitrogens with one attached hydrogen (secondary N) is 1. The quantitative estimate of drug-likeness (QED) is 0.928. The molecule has 1 atom stereocenters. The standard InChI is InChI=1S/C17H20N2O/c1-20-17-10-3-2-7-14(17)16-9-4-8-15(19-16)13-6-5-11-18-12-13/h2-4,7-10,13,18H,5-6,11-12H2,1H3/t13-/m0/s1. The van der Waals surface area contributed by atoms with Gasteiger partial charge in [0.2, 0.25) is 0 Å². The first-order valence-electron chi connectivity index (χ1n) is 7.19. The molecule has 1 aromatic heterocycles. The van der Waals surface area contributed by atoms with Crippen LogP contribution in [0.15, 0.2) is 42.5 Å². The molecule has 1 aliphatic rings. The first kappa shape index (κ1) is 13.1. The zero-order chi connectivity index (χ0) is 13.8. The van der Waals surface area contributed by atoms with Crippen molar-refractivity contribution in [2.75, 3.05) is 20.2 Å². The summed E-state index contributed by atoms with van der Waals surface area (Å²) in [5.41, 5.74) is 3.23. The molecule has 1 saturated heterocycles. The number of hydrogen-bond acceptors (Lipinski definition) is 3. The Labute approximate surface area is 120 Å². The first-order valence-corrected chi connectivity index (χ1v) is 7.19. The minimum atomic E-state index is 0.526. The molecule has 0 aliphatic carbocycles. The summed E-state index contributed by atoms with van der Waals surface area (Å²) in [7, 11) is 1.70. The second kappa shape index (κ2) is 6.06. The summed E-state index contributed by atoms with van der Waals surface area (Å²) in [6.07, 6.45) is 2.45. The van der Waals surface area contributed by atoms with Crippen LogP contribution in [0.1, 0.15) is 24.5 Å². The van der Waals surface area contributed by atoms with Crippen molar-refractivity contribution in [1.29, 1.82) is 0 Å². The highest BCUT2D eigenvalue weighted by molar-refractivity contribution is 5.67. The topological polar surface area (TPSA) is 34.1 Å². The summed E-state index contributed by atoms with van der Waals surface area (Å²) in [6.45, 7) is 2.16. The lowest BCUT2D eigenvalue weighted by Crippen LogP contribution is -2.28. The summed E-state index contributed by atoms with van der Waals surface area (Å²) < 4.78 is 5.43. The normalized spacial score (nSPS) is 18.8. The van der Waals surface area contributed by atoms with Gasteiger partial charge in [0.05, 0.1) is 12.8 Å². The predicted octanol–water partition coefficient (Wildman–Crippen LogP) is 3.22. The van der Waals surface area contributed by atoms with Gasteiger partial charge in [-0.25, -0.2) is 0 Å². The first-order chi connectivity index (χ1) is 9.88. The van der Waals surface area contributed by atoms with E-state index in [1.54, 1.807) is 7.11 Å². The molecule has 0 bridgehead atoms. The molecule has 2 aromatic rings. The van der Waals surface area contributed by atoms with E-state index < -0.39 is 0 Å². The second-order valence-electron chi connectivity index (χ2n) is 5.19. The molecule has 1 fully saturated rings. The molecule has 3 nitrogen and oxygen atoms in total. The number of ether oxygens (including phenoxy) is 1. The third-order valence-electron chi connectivity index (χ3n) is 3.87. The van der Waals surface area contributed by atoms with E-state index in [0.29, 0.717) is 5.92 Å². The van der Waals surface area contributed by atoms with Gasteiger partial charge in [-0.3, -0.25) is 4.98 Å². The van der Waals surface area contributed by atoms with Gasteiger partial charge in [-0.05, 0) is 43.7 Å². The van der Waals surface area contributed by atoms with E-state index in [1.807, 2.05) is 18.2 Å². The van der Waals surface area contributed by atoms with E-state index in [1.165, 1.54) is 18.5 Å². The maximum Gasteiger partial charge on any atom is 0.128 e. The van der Waals surface area contributed by atoms with E-state index >= 15 is 0 Å². The third kappa shape index (κ3) is 2.68.